The summed E-state index contributed by atoms with van der Waals surface area (Å²) in [5.74, 6) is -0.660. The molecular formula is C24H25FN6O3S. The van der Waals surface area contributed by atoms with Crippen LogP contribution in [0, 0.1) is 12.7 Å². The molecule has 2 N–H and O–H groups in total. The molecule has 0 aliphatic rings. The van der Waals surface area contributed by atoms with Gasteiger partial charge in [-0.1, -0.05) is 29.5 Å². The van der Waals surface area contributed by atoms with E-state index in [1.807, 2.05) is 32.9 Å². The lowest BCUT2D eigenvalue weighted by molar-refractivity contribution is -0.121. The van der Waals surface area contributed by atoms with E-state index in [9.17, 15) is 18.8 Å². The Morgan fingerprint density at radius 2 is 1.91 bits per heavy atom. The fourth-order valence-electron chi connectivity index (χ4n) is 3.70. The van der Waals surface area contributed by atoms with E-state index < -0.39 is 5.82 Å². The SMILES string of the molecule is Cc1ccc2c(c1)c(=O)n(CCC(=O)NC(C)C)c1nnc(SCC(=O)Nc3cccc(F)c3)n21. The molecule has 2 heterocycles. The number of fused-ring (bicyclic) bond motifs is 3. The van der Waals surface area contributed by atoms with Crippen LogP contribution in [0.25, 0.3) is 16.7 Å². The summed E-state index contributed by atoms with van der Waals surface area (Å²) in [7, 11) is 0. The number of carbonyl (C=O) groups is 2. The van der Waals surface area contributed by atoms with Crippen LogP contribution in [0.15, 0.2) is 52.4 Å². The number of carbonyl (C=O) groups excluding carboxylic acids is 2. The molecule has 0 spiro atoms. The van der Waals surface area contributed by atoms with Crippen LogP contribution in [0.3, 0.4) is 0 Å². The number of hydrogen-bond acceptors (Lipinski definition) is 6. The van der Waals surface area contributed by atoms with E-state index in [0.29, 0.717) is 21.7 Å². The molecule has 0 aliphatic heterocycles. The molecule has 0 saturated heterocycles. The number of nitrogens with one attached hydrogen (secondary N) is 2. The third kappa shape index (κ3) is 5.51. The molecule has 0 fully saturated rings. The van der Waals surface area contributed by atoms with Crippen LogP contribution in [0.5, 0.6) is 0 Å². The van der Waals surface area contributed by atoms with Gasteiger partial charge >= 0.3 is 0 Å². The Labute approximate surface area is 204 Å². The average molecular weight is 497 g/mol. The third-order valence-corrected chi connectivity index (χ3v) is 6.11. The monoisotopic (exact) mass is 496 g/mol. The Morgan fingerprint density at radius 1 is 1.11 bits per heavy atom. The van der Waals surface area contributed by atoms with Crippen molar-refractivity contribution in [2.45, 2.75) is 44.9 Å². The molecule has 11 heteroatoms. The number of rotatable bonds is 8. The maximum Gasteiger partial charge on any atom is 0.262 e. The van der Waals surface area contributed by atoms with Crippen molar-refractivity contribution in [1.82, 2.24) is 24.5 Å². The molecule has 182 valence electrons. The Morgan fingerprint density at radius 3 is 2.66 bits per heavy atom. The van der Waals surface area contributed by atoms with E-state index in [1.165, 1.54) is 22.8 Å². The smallest absolute Gasteiger partial charge is 0.262 e. The van der Waals surface area contributed by atoms with Gasteiger partial charge in [0.2, 0.25) is 17.6 Å². The van der Waals surface area contributed by atoms with E-state index in [0.717, 1.165) is 17.3 Å². The van der Waals surface area contributed by atoms with E-state index in [4.69, 9.17) is 0 Å². The Bertz CT molecular complexity index is 1480. The molecule has 0 atom stereocenters. The van der Waals surface area contributed by atoms with Crippen LogP contribution in [0.4, 0.5) is 10.1 Å². The van der Waals surface area contributed by atoms with Crippen LogP contribution in [0.2, 0.25) is 0 Å². The Balaban J connectivity index is 1.65. The topological polar surface area (TPSA) is 110 Å². The van der Waals surface area contributed by atoms with Crippen molar-refractivity contribution < 1.29 is 14.0 Å². The quantitative estimate of drug-likeness (QED) is 0.363. The second-order valence-electron chi connectivity index (χ2n) is 8.41. The average Bonchev–Trinajstić information content (AvgIpc) is 3.21. The van der Waals surface area contributed by atoms with Gasteiger partial charge in [0.25, 0.3) is 5.56 Å². The molecule has 2 aromatic carbocycles. The van der Waals surface area contributed by atoms with Crippen molar-refractivity contribution in [3.8, 4) is 0 Å². The van der Waals surface area contributed by atoms with Gasteiger partial charge in [0.05, 0.1) is 16.7 Å². The molecule has 0 unspecified atom stereocenters. The minimum atomic E-state index is -0.444. The van der Waals surface area contributed by atoms with Crippen LogP contribution < -0.4 is 16.2 Å². The summed E-state index contributed by atoms with van der Waals surface area (Å²) in [5, 5.41) is 14.8. The van der Waals surface area contributed by atoms with Crippen molar-refractivity contribution in [3.05, 3.63) is 64.2 Å². The predicted molar refractivity (Wildman–Crippen MR) is 133 cm³/mol. The van der Waals surface area contributed by atoms with Gasteiger partial charge in [-0.3, -0.25) is 23.4 Å². The molecule has 2 aromatic heterocycles. The molecule has 35 heavy (non-hydrogen) atoms. The van der Waals surface area contributed by atoms with E-state index in [-0.39, 0.29) is 47.9 Å². The lowest BCUT2D eigenvalue weighted by Gasteiger charge is -2.13. The molecule has 0 radical (unpaired) electrons. The first-order valence-electron chi connectivity index (χ1n) is 11.1. The summed E-state index contributed by atoms with van der Waals surface area (Å²) < 4.78 is 16.5. The molecule has 0 saturated carbocycles. The molecule has 0 aliphatic carbocycles. The predicted octanol–water partition coefficient (Wildman–Crippen LogP) is 3.14. The number of benzene rings is 2. The number of anilines is 1. The van der Waals surface area contributed by atoms with Crippen molar-refractivity contribution >= 4 is 45.9 Å². The molecule has 2 amide bonds. The second-order valence-corrected chi connectivity index (χ2v) is 9.36. The van der Waals surface area contributed by atoms with E-state index in [2.05, 4.69) is 20.8 Å². The first-order valence-corrected chi connectivity index (χ1v) is 12.1. The highest BCUT2D eigenvalue weighted by atomic mass is 32.2. The number of hydrogen-bond donors (Lipinski definition) is 2. The van der Waals surface area contributed by atoms with E-state index >= 15 is 0 Å². The fourth-order valence-corrected chi connectivity index (χ4v) is 4.44. The molecule has 9 nitrogen and oxygen atoms in total. The maximum absolute atomic E-state index is 13.4. The fraction of sp³-hybridized carbons (Fsp3) is 0.292. The normalized spacial score (nSPS) is 11.3. The standard InChI is InChI=1S/C24H25FN6O3S/c1-14(2)26-20(32)9-10-30-22(34)18-11-15(3)7-8-19(18)31-23(30)28-29-24(31)35-13-21(33)27-17-6-4-5-16(25)12-17/h4-8,11-12,14H,9-10,13H2,1-3H3,(H,26,32)(H,27,33). The third-order valence-electron chi connectivity index (χ3n) is 5.18. The molecule has 0 bridgehead atoms. The highest BCUT2D eigenvalue weighted by Gasteiger charge is 2.19. The van der Waals surface area contributed by atoms with Gasteiger partial charge in [-0.15, -0.1) is 10.2 Å². The van der Waals surface area contributed by atoms with Crippen LogP contribution >= 0.6 is 11.8 Å². The van der Waals surface area contributed by atoms with Crippen LogP contribution in [-0.2, 0) is 16.1 Å². The van der Waals surface area contributed by atoms with Crippen LogP contribution in [-0.4, -0.2) is 42.8 Å². The minimum Gasteiger partial charge on any atom is -0.354 e. The number of amides is 2. The van der Waals surface area contributed by atoms with Crippen molar-refractivity contribution in [2.24, 2.45) is 0 Å². The lowest BCUT2D eigenvalue weighted by Crippen LogP contribution is -2.32. The number of aryl methyl sites for hydroxylation is 2. The van der Waals surface area contributed by atoms with E-state index in [1.54, 1.807) is 16.5 Å². The summed E-state index contributed by atoms with van der Waals surface area (Å²) in [6.07, 6.45) is 0.108. The molecular weight excluding hydrogens is 471 g/mol. The number of aromatic nitrogens is 4. The highest BCUT2D eigenvalue weighted by molar-refractivity contribution is 7.99. The summed E-state index contributed by atoms with van der Waals surface area (Å²) in [6.45, 7) is 5.76. The Hall–Kier alpha value is -3.73. The van der Waals surface area contributed by atoms with Crippen molar-refractivity contribution in [3.63, 3.8) is 0 Å². The molecule has 4 rings (SSSR count). The number of thioether (sulfide) groups is 1. The van der Waals surface area contributed by atoms with Gasteiger partial charge in [0.1, 0.15) is 5.82 Å². The Kier molecular flexibility index (Phi) is 7.15. The summed E-state index contributed by atoms with van der Waals surface area (Å²) in [4.78, 5) is 37.9. The first kappa shape index (κ1) is 24.4. The van der Waals surface area contributed by atoms with Gasteiger partial charge in [-0.25, -0.2) is 4.39 Å². The lowest BCUT2D eigenvalue weighted by atomic mass is 10.1. The van der Waals surface area contributed by atoms with Gasteiger partial charge in [0, 0.05) is 24.7 Å². The van der Waals surface area contributed by atoms with Gasteiger partial charge < -0.3 is 10.6 Å². The zero-order valence-electron chi connectivity index (χ0n) is 19.5. The van der Waals surface area contributed by atoms with Crippen molar-refractivity contribution in [1.29, 1.82) is 0 Å². The number of nitrogens with zero attached hydrogens (tertiary/aromatic N) is 4. The zero-order valence-corrected chi connectivity index (χ0v) is 20.4. The second kappa shape index (κ2) is 10.3. The first-order chi connectivity index (χ1) is 16.7. The summed E-state index contributed by atoms with van der Waals surface area (Å²) >= 11 is 1.14. The van der Waals surface area contributed by atoms with Gasteiger partial charge in [0.15, 0.2) is 5.16 Å². The maximum atomic E-state index is 13.4. The largest absolute Gasteiger partial charge is 0.354 e. The van der Waals surface area contributed by atoms with Crippen LogP contribution in [0.1, 0.15) is 25.8 Å². The molecule has 4 aromatic rings. The minimum absolute atomic E-state index is 0.000578. The summed E-state index contributed by atoms with van der Waals surface area (Å²) in [5.41, 5.74) is 1.61. The number of halogens is 1. The van der Waals surface area contributed by atoms with Crippen molar-refractivity contribution in [2.75, 3.05) is 11.1 Å². The van der Waals surface area contributed by atoms with Gasteiger partial charge in [-0.05, 0) is 51.1 Å². The summed E-state index contributed by atoms with van der Waals surface area (Å²) in [6, 6.07) is 11.1. The zero-order chi connectivity index (χ0) is 25.1. The highest BCUT2D eigenvalue weighted by Crippen LogP contribution is 2.23. The van der Waals surface area contributed by atoms with Gasteiger partial charge in [-0.2, -0.15) is 0 Å².